The maximum absolute atomic E-state index is 11.2. The van der Waals surface area contributed by atoms with Crippen molar-refractivity contribution in [1.82, 2.24) is 0 Å². The van der Waals surface area contributed by atoms with Gasteiger partial charge in [-0.25, -0.2) is 0 Å². The molecule has 0 saturated carbocycles. The van der Waals surface area contributed by atoms with Crippen LogP contribution in [0.2, 0.25) is 0 Å². The highest BCUT2D eigenvalue weighted by molar-refractivity contribution is 6.01. The van der Waals surface area contributed by atoms with Gasteiger partial charge in [0, 0.05) is 5.92 Å². The van der Waals surface area contributed by atoms with Gasteiger partial charge in [0.05, 0.1) is 12.8 Å². The monoisotopic (exact) mass is 348 g/mol. The summed E-state index contributed by atoms with van der Waals surface area (Å²) < 4.78 is 0. The summed E-state index contributed by atoms with van der Waals surface area (Å²) in [4.78, 5) is 62.6. The molecule has 0 aromatic carbocycles. The lowest BCUT2D eigenvalue weighted by atomic mass is 9.93. The van der Waals surface area contributed by atoms with E-state index < -0.39 is 66.0 Å². The molecule has 10 nitrogen and oxygen atoms in total. The van der Waals surface area contributed by atoms with Crippen molar-refractivity contribution in [2.45, 2.75) is 33.6 Å². The zero-order valence-corrected chi connectivity index (χ0v) is 13.4. The van der Waals surface area contributed by atoms with Gasteiger partial charge in [-0.3, -0.25) is 28.8 Å². The minimum Gasteiger partial charge on any atom is -0.481 e. The Balaban J connectivity index is 0. The van der Waals surface area contributed by atoms with Gasteiger partial charge in [-0.2, -0.15) is 0 Å². The fourth-order valence-electron chi connectivity index (χ4n) is 1.47. The van der Waals surface area contributed by atoms with Crippen molar-refractivity contribution in [3.63, 3.8) is 0 Å². The van der Waals surface area contributed by atoms with E-state index in [4.69, 9.17) is 20.4 Å². The molecular formula is C14H20O10. The maximum atomic E-state index is 11.2. The van der Waals surface area contributed by atoms with E-state index in [1.807, 2.05) is 0 Å². The Morgan fingerprint density at radius 2 is 1.04 bits per heavy atom. The molecule has 0 radical (unpaired) electrons. The molecule has 0 aromatic heterocycles. The number of hydrogen-bond donors (Lipinski definition) is 4. The van der Waals surface area contributed by atoms with Crippen molar-refractivity contribution in [2.24, 2.45) is 17.8 Å². The van der Waals surface area contributed by atoms with Gasteiger partial charge < -0.3 is 20.4 Å². The van der Waals surface area contributed by atoms with Crippen LogP contribution in [-0.2, 0) is 28.8 Å². The molecule has 136 valence electrons. The summed E-state index contributed by atoms with van der Waals surface area (Å²) in [6.07, 6.45) is -1.29. The van der Waals surface area contributed by atoms with E-state index in [9.17, 15) is 28.8 Å². The first-order valence-electron chi connectivity index (χ1n) is 6.74. The Morgan fingerprint density at radius 1 is 0.708 bits per heavy atom. The Hall–Kier alpha value is -2.78. The lowest BCUT2D eigenvalue weighted by Crippen LogP contribution is -2.29. The molecule has 0 fully saturated rings. The predicted octanol–water partition coefficient (Wildman–Crippen LogP) is 0.138. The SMILES string of the molecule is CC(=O)C(CC(=O)O)C(=O)O.CC(C)C(=O)C(CC(=O)O)C(=O)O. The molecule has 0 amide bonds. The number of carboxylic acids is 4. The quantitative estimate of drug-likeness (QED) is 0.418. The Labute approximate surface area is 137 Å². The van der Waals surface area contributed by atoms with Crippen LogP contribution in [0.5, 0.6) is 0 Å². The van der Waals surface area contributed by atoms with Crippen molar-refractivity contribution in [2.75, 3.05) is 0 Å². The van der Waals surface area contributed by atoms with E-state index in [1.54, 1.807) is 13.8 Å². The first-order valence-corrected chi connectivity index (χ1v) is 6.74. The molecule has 0 rings (SSSR count). The van der Waals surface area contributed by atoms with Crippen LogP contribution in [0.4, 0.5) is 0 Å². The van der Waals surface area contributed by atoms with Crippen LogP contribution in [0, 0.1) is 17.8 Å². The standard InChI is InChI=1S/C8H12O5.C6H8O5/c1-4(2)7(11)5(8(12)13)3-6(9)10;1-3(7)4(6(10)11)2-5(8)9/h4-5H,3H2,1-2H3,(H,9,10)(H,12,13);4H,2H2,1H3,(H,8,9)(H,10,11). The number of rotatable bonds is 9. The Kier molecular flexibility index (Phi) is 10.6. The largest absolute Gasteiger partial charge is 0.481 e. The number of aliphatic carboxylic acids is 4. The first-order chi connectivity index (χ1) is 10.8. The van der Waals surface area contributed by atoms with E-state index in [2.05, 4.69) is 0 Å². The van der Waals surface area contributed by atoms with Crippen molar-refractivity contribution < 1.29 is 49.2 Å². The second-order valence-corrected chi connectivity index (χ2v) is 5.15. The lowest BCUT2D eigenvalue weighted by Gasteiger charge is -2.10. The summed E-state index contributed by atoms with van der Waals surface area (Å²) in [5.74, 6) is -9.80. The van der Waals surface area contributed by atoms with E-state index in [1.165, 1.54) is 0 Å². The van der Waals surface area contributed by atoms with Gasteiger partial charge in [0.2, 0.25) is 0 Å². The molecule has 0 bridgehead atoms. The fourth-order valence-corrected chi connectivity index (χ4v) is 1.47. The molecule has 0 aliphatic rings. The summed E-state index contributed by atoms with van der Waals surface area (Å²) in [6, 6.07) is 0. The summed E-state index contributed by atoms with van der Waals surface area (Å²) in [5.41, 5.74) is 0. The number of carbonyl (C=O) groups excluding carboxylic acids is 2. The van der Waals surface area contributed by atoms with E-state index in [0.717, 1.165) is 6.92 Å². The fraction of sp³-hybridized carbons (Fsp3) is 0.571. The van der Waals surface area contributed by atoms with Gasteiger partial charge in [-0.1, -0.05) is 13.8 Å². The van der Waals surface area contributed by atoms with Crippen LogP contribution >= 0.6 is 0 Å². The molecule has 0 saturated heterocycles. The molecule has 0 heterocycles. The minimum atomic E-state index is -1.42. The van der Waals surface area contributed by atoms with Crippen LogP contribution in [0.15, 0.2) is 0 Å². The van der Waals surface area contributed by atoms with E-state index in [-0.39, 0.29) is 0 Å². The zero-order chi connectivity index (χ0) is 19.6. The smallest absolute Gasteiger partial charge is 0.314 e. The highest BCUT2D eigenvalue weighted by Crippen LogP contribution is 2.11. The molecule has 2 atom stereocenters. The van der Waals surface area contributed by atoms with Gasteiger partial charge >= 0.3 is 23.9 Å². The second-order valence-electron chi connectivity index (χ2n) is 5.15. The van der Waals surface area contributed by atoms with Gasteiger partial charge in [-0.05, 0) is 6.92 Å². The summed E-state index contributed by atoms with van der Waals surface area (Å²) in [5, 5.41) is 33.4. The summed E-state index contributed by atoms with van der Waals surface area (Å²) >= 11 is 0. The van der Waals surface area contributed by atoms with Crippen molar-refractivity contribution >= 4 is 35.4 Å². The molecular weight excluding hydrogens is 328 g/mol. The third-order valence-electron chi connectivity index (χ3n) is 2.76. The Morgan fingerprint density at radius 3 is 1.21 bits per heavy atom. The minimum absolute atomic E-state index is 0.458. The van der Waals surface area contributed by atoms with E-state index in [0.29, 0.717) is 0 Å². The van der Waals surface area contributed by atoms with Crippen molar-refractivity contribution in [3.05, 3.63) is 0 Å². The van der Waals surface area contributed by atoms with Crippen LogP contribution < -0.4 is 0 Å². The zero-order valence-electron chi connectivity index (χ0n) is 13.4. The van der Waals surface area contributed by atoms with Gasteiger partial charge in [-0.15, -0.1) is 0 Å². The van der Waals surface area contributed by atoms with Crippen LogP contribution in [0.25, 0.3) is 0 Å². The predicted molar refractivity (Wildman–Crippen MR) is 77.3 cm³/mol. The first kappa shape index (κ1) is 23.5. The molecule has 24 heavy (non-hydrogen) atoms. The number of ketones is 2. The molecule has 0 aliphatic carbocycles. The van der Waals surface area contributed by atoms with Gasteiger partial charge in [0.25, 0.3) is 0 Å². The summed E-state index contributed by atoms with van der Waals surface area (Å²) in [7, 11) is 0. The molecule has 0 aromatic rings. The molecule has 0 aliphatic heterocycles. The van der Waals surface area contributed by atoms with Crippen LogP contribution in [0.1, 0.15) is 33.6 Å². The molecule has 0 spiro atoms. The van der Waals surface area contributed by atoms with Crippen molar-refractivity contribution in [3.8, 4) is 0 Å². The highest BCUT2D eigenvalue weighted by Gasteiger charge is 2.30. The highest BCUT2D eigenvalue weighted by atomic mass is 16.4. The number of carboxylic acid groups (broad SMARTS) is 4. The Bertz CT molecular complexity index is 506. The van der Waals surface area contributed by atoms with Gasteiger partial charge in [0.1, 0.15) is 23.4 Å². The number of hydrogen-bond acceptors (Lipinski definition) is 6. The van der Waals surface area contributed by atoms with E-state index >= 15 is 0 Å². The maximum Gasteiger partial charge on any atom is 0.314 e. The number of Topliss-reactive ketones (excluding diaryl/α,β-unsaturated/α-hetero) is 2. The van der Waals surface area contributed by atoms with Crippen molar-refractivity contribution in [1.29, 1.82) is 0 Å². The normalized spacial score (nSPS) is 12.3. The molecule has 10 heteroatoms. The van der Waals surface area contributed by atoms with Crippen LogP contribution in [0.3, 0.4) is 0 Å². The summed E-state index contributed by atoms with van der Waals surface area (Å²) in [6.45, 7) is 4.14. The number of carbonyl (C=O) groups is 6. The molecule has 2 unspecified atom stereocenters. The third-order valence-corrected chi connectivity index (χ3v) is 2.76. The third kappa shape index (κ3) is 10.0. The van der Waals surface area contributed by atoms with Gasteiger partial charge in [0.15, 0.2) is 0 Å². The average Bonchev–Trinajstić information content (AvgIpc) is 2.40. The second kappa shape index (κ2) is 10.9. The lowest BCUT2D eigenvalue weighted by molar-refractivity contribution is -0.153. The topological polar surface area (TPSA) is 183 Å². The molecule has 4 N–H and O–H groups in total. The van der Waals surface area contributed by atoms with Crippen LogP contribution in [-0.4, -0.2) is 55.9 Å². The average molecular weight is 348 g/mol.